The fraction of sp³-hybridized carbons (Fsp3) is 0.222. The van der Waals surface area contributed by atoms with Crippen molar-refractivity contribution in [3.05, 3.63) is 59.6 Å². The Balaban J connectivity index is 1.95. The summed E-state index contributed by atoms with van der Waals surface area (Å²) in [5.41, 5.74) is -0.505. The van der Waals surface area contributed by atoms with Gasteiger partial charge in [0.15, 0.2) is 6.17 Å². The zero-order valence-electron chi connectivity index (χ0n) is 14.7. The van der Waals surface area contributed by atoms with Crippen molar-refractivity contribution in [1.29, 1.82) is 0 Å². The van der Waals surface area contributed by atoms with Crippen LogP contribution in [-0.4, -0.2) is 44.3 Å². The fourth-order valence-electron chi connectivity index (χ4n) is 2.98. The zero-order valence-corrected chi connectivity index (χ0v) is 15.5. The molecule has 9 heteroatoms. The van der Waals surface area contributed by atoms with Gasteiger partial charge in [-0.25, -0.2) is 9.59 Å². The number of rotatable bonds is 3. The number of anilines is 2. The van der Waals surface area contributed by atoms with Crippen LogP contribution in [0.4, 0.5) is 21.0 Å². The van der Waals surface area contributed by atoms with Crippen LogP contribution in [0.5, 0.6) is 0 Å². The summed E-state index contributed by atoms with van der Waals surface area (Å²) in [6, 6.07) is 13.3. The Morgan fingerprint density at radius 3 is 2.48 bits per heavy atom. The quantitative estimate of drug-likeness (QED) is 0.545. The first-order valence-electron chi connectivity index (χ1n) is 8.15. The molecular weight excluding hydrogens is 372 g/mol. The first kappa shape index (κ1) is 19.0. The smallest absolute Gasteiger partial charge is 0.306 e. The Hall–Kier alpha value is -2.81. The van der Waals surface area contributed by atoms with Crippen molar-refractivity contribution in [3.63, 3.8) is 0 Å². The molecule has 1 saturated heterocycles. The van der Waals surface area contributed by atoms with Crippen molar-refractivity contribution in [2.45, 2.75) is 25.6 Å². The van der Waals surface area contributed by atoms with E-state index in [4.69, 9.17) is 11.6 Å². The Morgan fingerprint density at radius 1 is 1.19 bits per heavy atom. The number of urea groups is 2. The zero-order chi connectivity index (χ0) is 19.8. The number of nitrogens with one attached hydrogen (secondary N) is 1. The SMILES string of the molecule is CC1(C)[C@H](N(O)C(=O)Nc2ccccc2)N(c2cccc(Cl)c2)C(=O)N1O. The van der Waals surface area contributed by atoms with Crippen LogP contribution < -0.4 is 10.2 Å². The van der Waals surface area contributed by atoms with Gasteiger partial charge in [0.1, 0.15) is 5.54 Å². The third-order valence-corrected chi connectivity index (χ3v) is 4.60. The summed E-state index contributed by atoms with van der Waals surface area (Å²) in [5, 5.41) is 24.6. The minimum atomic E-state index is -1.30. The minimum absolute atomic E-state index is 0.327. The van der Waals surface area contributed by atoms with Gasteiger partial charge >= 0.3 is 12.1 Å². The molecule has 1 fully saturated rings. The number of carbonyl (C=O) groups excluding carboxylic acids is 2. The third kappa shape index (κ3) is 3.42. The van der Waals surface area contributed by atoms with Gasteiger partial charge in [0.05, 0.1) is 0 Å². The van der Waals surface area contributed by atoms with Crippen molar-refractivity contribution in [2.24, 2.45) is 0 Å². The van der Waals surface area contributed by atoms with Crippen LogP contribution in [0.2, 0.25) is 5.02 Å². The highest BCUT2D eigenvalue weighted by atomic mass is 35.5. The molecule has 0 aromatic heterocycles. The van der Waals surface area contributed by atoms with E-state index in [-0.39, 0.29) is 0 Å². The highest BCUT2D eigenvalue weighted by molar-refractivity contribution is 6.30. The van der Waals surface area contributed by atoms with Gasteiger partial charge in [0.25, 0.3) is 0 Å². The maximum atomic E-state index is 12.6. The molecule has 2 aromatic carbocycles. The van der Waals surface area contributed by atoms with E-state index < -0.39 is 23.8 Å². The molecule has 1 aliphatic heterocycles. The molecule has 8 nitrogen and oxygen atoms in total. The summed E-state index contributed by atoms with van der Waals surface area (Å²) >= 11 is 6.01. The lowest BCUT2D eigenvalue weighted by Crippen LogP contribution is -2.57. The molecule has 4 amide bonds. The average Bonchev–Trinajstić information content (AvgIpc) is 2.82. The molecule has 0 radical (unpaired) electrons. The van der Waals surface area contributed by atoms with Crippen molar-refractivity contribution < 1.29 is 20.0 Å². The summed E-state index contributed by atoms with van der Waals surface area (Å²) in [6.45, 7) is 3.05. The van der Waals surface area contributed by atoms with Crippen LogP contribution in [0.25, 0.3) is 0 Å². The highest BCUT2D eigenvalue weighted by Crippen LogP contribution is 2.37. The van der Waals surface area contributed by atoms with Crippen molar-refractivity contribution in [3.8, 4) is 0 Å². The van der Waals surface area contributed by atoms with E-state index in [0.717, 1.165) is 4.90 Å². The molecule has 1 atom stereocenters. The predicted molar refractivity (Wildman–Crippen MR) is 99.9 cm³/mol. The van der Waals surface area contributed by atoms with Gasteiger partial charge in [-0.15, -0.1) is 0 Å². The first-order chi connectivity index (χ1) is 12.7. The Labute approximate surface area is 161 Å². The number of benzene rings is 2. The number of carbonyl (C=O) groups is 2. The monoisotopic (exact) mass is 390 g/mol. The Kier molecular flexibility index (Phi) is 4.97. The largest absolute Gasteiger partial charge is 0.350 e. The van der Waals surface area contributed by atoms with E-state index in [1.165, 1.54) is 19.9 Å². The van der Waals surface area contributed by atoms with Crippen LogP contribution in [0.15, 0.2) is 54.6 Å². The van der Waals surface area contributed by atoms with E-state index in [9.17, 15) is 20.0 Å². The second-order valence-electron chi connectivity index (χ2n) is 6.61. The van der Waals surface area contributed by atoms with Gasteiger partial charge in [-0.3, -0.25) is 15.3 Å². The maximum Gasteiger partial charge on any atom is 0.350 e. The normalized spacial score (nSPS) is 18.6. The lowest BCUT2D eigenvalue weighted by Gasteiger charge is -2.36. The van der Waals surface area contributed by atoms with E-state index in [2.05, 4.69) is 5.32 Å². The molecule has 142 valence electrons. The molecular formula is C18H19ClN4O4. The van der Waals surface area contributed by atoms with Crippen molar-refractivity contribution in [2.75, 3.05) is 10.2 Å². The highest BCUT2D eigenvalue weighted by Gasteiger charge is 2.56. The van der Waals surface area contributed by atoms with Crippen LogP contribution in [-0.2, 0) is 0 Å². The van der Waals surface area contributed by atoms with Crippen LogP contribution in [0, 0.1) is 0 Å². The minimum Gasteiger partial charge on any atom is -0.306 e. The summed E-state index contributed by atoms with van der Waals surface area (Å²) in [6.07, 6.45) is -1.21. The Bertz CT molecular complexity index is 861. The number of halogens is 1. The topological polar surface area (TPSA) is 96.3 Å². The summed E-state index contributed by atoms with van der Waals surface area (Å²) in [5.74, 6) is 0. The van der Waals surface area contributed by atoms with Gasteiger partial charge in [-0.2, -0.15) is 10.1 Å². The van der Waals surface area contributed by atoms with Gasteiger partial charge < -0.3 is 5.32 Å². The van der Waals surface area contributed by atoms with E-state index >= 15 is 0 Å². The molecule has 0 aliphatic carbocycles. The lowest BCUT2D eigenvalue weighted by atomic mass is 10.0. The molecule has 2 aromatic rings. The molecule has 0 saturated carbocycles. The van der Waals surface area contributed by atoms with Crippen LogP contribution >= 0.6 is 11.6 Å². The van der Waals surface area contributed by atoms with E-state index in [0.29, 0.717) is 26.5 Å². The standard InChI is InChI=1S/C18H19ClN4O4/c1-18(2)15(22(26)16(24)20-13-8-4-3-5-9-13)21(17(25)23(18)27)14-10-6-7-12(19)11-14/h3-11,15,26-27H,1-2H3,(H,20,24)/t15-/m0/s1. The summed E-state index contributed by atoms with van der Waals surface area (Å²) in [7, 11) is 0. The van der Waals surface area contributed by atoms with Crippen molar-refractivity contribution >= 4 is 35.0 Å². The number of para-hydroxylation sites is 1. The molecule has 27 heavy (non-hydrogen) atoms. The molecule has 3 rings (SSSR count). The molecule has 0 spiro atoms. The second kappa shape index (κ2) is 7.07. The van der Waals surface area contributed by atoms with Gasteiger partial charge in [-0.05, 0) is 44.2 Å². The second-order valence-corrected chi connectivity index (χ2v) is 7.05. The maximum absolute atomic E-state index is 12.6. The average molecular weight is 391 g/mol. The number of hydrogen-bond donors (Lipinski definition) is 3. The molecule has 3 N–H and O–H groups in total. The third-order valence-electron chi connectivity index (χ3n) is 4.36. The summed E-state index contributed by atoms with van der Waals surface area (Å²) in [4.78, 5) is 26.3. The Morgan fingerprint density at radius 2 is 1.85 bits per heavy atom. The van der Waals surface area contributed by atoms with Crippen LogP contribution in [0.3, 0.4) is 0 Å². The molecule has 1 aliphatic rings. The van der Waals surface area contributed by atoms with Gasteiger partial charge in [-0.1, -0.05) is 35.9 Å². The lowest BCUT2D eigenvalue weighted by molar-refractivity contribution is -0.150. The van der Waals surface area contributed by atoms with Gasteiger partial charge in [0.2, 0.25) is 0 Å². The molecule has 0 unspecified atom stereocenters. The van der Waals surface area contributed by atoms with Gasteiger partial charge in [0, 0.05) is 16.4 Å². The first-order valence-corrected chi connectivity index (χ1v) is 8.53. The van der Waals surface area contributed by atoms with E-state index in [1.54, 1.807) is 48.5 Å². The number of amides is 4. The predicted octanol–water partition coefficient (Wildman–Crippen LogP) is 4.00. The van der Waals surface area contributed by atoms with Crippen molar-refractivity contribution in [1.82, 2.24) is 10.1 Å². The van der Waals surface area contributed by atoms with Crippen LogP contribution in [0.1, 0.15) is 13.8 Å². The number of hydrogen-bond acceptors (Lipinski definition) is 4. The van der Waals surface area contributed by atoms with E-state index in [1.807, 2.05) is 0 Å². The molecule has 0 bridgehead atoms. The number of nitrogens with zero attached hydrogens (tertiary/aromatic N) is 3. The number of hydroxylamine groups is 4. The fourth-order valence-corrected chi connectivity index (χ4v) is 3.16. The summed E-state index contributed by atoms with van der Waals surface area (Å²) < 4.78 is 0. The molecule has 1 heterocycles.